The van der Waals surface area contributed by atoms with Gasteiger partial charge >= 0.3 is 6.09 Å². The van der Waals surface area contributed by atoms with E-state index in [1.54, 1.807) is 11.6 Å². The smallest absolute Gasteiger partial charge is 0.427 e. The molecule has 0 radical (unpaired) electrons. The van der Waals surface area contributed by atoms with Gasteiger partial charge in [0.1, 0.15) is 5.15 Å². The molecule has 0 aliphatic rings. The van der Waals surface area contributed by atoms with Crippen LogP contribution in [0.4, 0.5) is 4.79 Å². The van der Waals surface area contributed by atoms with Crippen LogP contribution >= 0.6 is 11.6 Å². The van der Waals surface area contributed by atoms with Gasteiger partial charge < -0.3 is 4.74 Å². The van der Waals surface area contributed by atoms with E-state index >= 15 is 0 Å². The van der Waals surface area contributed by atoms with Gasteiger partial charge in [-0.05, 0) is 26.3 Å². The molecule has 2 aromatic rings. The number of carbonyl (C=O) groups excluding carboxylic acids is 1. The van der Waals surface area contributed by atoms with Crippen LogP contribution in [0, 0.1) is 13.8 Å². The van der Waals surface area contributed by atoms with Crippen LogP contribution in [-0.2, 0) is 11.3 Å². The maximum atomic E-state index is 11.2. The van der Waals surface area contributed by atoms with E-state index in [0.717, 1.165) is 11.3 Å². The molecule has 1 N–H and O–H groups in total. The number of aryl methyl sites for hydroxylation is 2. The van der Waals surface area contributed by atoms with Crippen molar-refractivity contribution in [1.82, 2.24) is 15.2 Å². The minimum atomic E-state index is -0.607. The number of benzene rings is 1. The minimum absolute atomic E-state index is 0.287. The van der Waals surface area contributed by atoms with E-state index < -0.39 is 6.09 Å². The Morgan fingerprint density at radius 3 is 2.74 bits per heavy atom. The molecule has 6 nitrogen and oxygen atoms in total. The highest BCUT2D eigenvalue weighted by atomic mass is 35.5. The normalized spacial score (nSPS) is 11.0. The second-order valence-electron chi connectivity index (χ2n) is 5.02. The first-order valence-electron chi connectivity index (χ1n) is 7.25. The standard InChI is InChI=1S/C16H19ClN4O2/c1-4-23-16(22)19-18-9-14-12(3)20-21(15(14)17)10-13-7-5-11(2)6-8-13/h5-9H,4,10H2,1-3H3,(H,19,22)/b18-9-. The molecule has 0 fully saturated rings. The molecule has 122 valence electrons. The summed E-state index contributed by atoms with van der Waals surface area (Å²) < 4.78 is 6.42. The number of nitrogens with zero attached hydrogens (tertiary/aromatic N) is 3. The Morgan fingerprint density at radius 1 is 1.39 bits per heavy atom. The van der Waals surface area contributed by atoms with Crippen molar-refractivity contribution >= 4 is 23.9 Å². The zero-order chi connectivity index (χ0) is 16.8. The Kier molecular flexibility index (Phi) is 5.76. The first kappa shape index (κ1) is 17.0. The molecule has 7 heteroatoms. The topological polar surface area (TPSA) is 68.5 Å². The number of rotatable bonds is 5. The molecule has 0 atom stereocenters. The summed E-state index contributed by atoms with van der Waals surface area (Å²) in [5.74, 6) is 0. The molecule has 0 aliphatic heterocycles. The van der Waals surface area contributed by atoms with Crippen LogP contribution in [0.2, 0.25) is 5.15 Å². The highest BCUT2D eigenvalue weighted by Crippen LogP contribution is 2.19. The van der Waals surface area contributed by atoms with Crippen molar-refractivity contribution in [3.8, 4) is 0 Å². The molecule has 0 unspecified atom stereocenters. The number of halogens is 1. The van der Waals surface area contributed by atoms with Gasteiger partial charge in [0.05, 0.1) is 30.6 Å². The lowest BCUT2D eigenvalue weighted by atomic mass is 10.1. The summed E-state index contributed by atoms with van der Waals surface area (Å²) in [6.07, 6.45) is 0.859. The predicted octanol–water partition coefficient (Wildman–Crippen LogP) is 3.28. The van der Waals surface area contributed by atoms with Crippen molar-refractivity contribution in [2.45, 2.75) is 27.3 Å². The summed E-state index contributed by atoms with van der Waals surface area (Å²) in [4.78, 5) is 11.2. The summed E-state index contributed by atoms with van der Waals surface area (Å²) in [5.41, 5.74) is 5.97. The number of ether oxygens (including phenoxy) is 1. The van der Waals surface area contributed by atoms with Gasteiger partial charge in [-0.3, -0.25) is 0 Å². The van der Waals surface area contributed by atoms with Crippen LogP contribution in [0.15, 0.2) is 29.4 Å². The van der Waals surface area contributed by atoms with Crippen molar-refractivity contribution < 1.29 is 9.53 Å². The molecule has 1 aromatic heterocycles. The molecular weight excluding hydrogens is 316 g/mol. The van der Waals surface area contributed by atoms with Gasteiger partial charge in [0.2, 0.25) is 0 Å². The molecule has 0 bridgehead atoms. The molecule has 0 aliphatic carbocycles. The van der Waals surface area contributed by atoms with E-state index in [2.05, 4.69) is 15.6 Å². The number of nitrogens with one attached hydrogen (secondary N) is 1. The number of hydrogen-bond acceptors (Lipinski definition) is 4. The van der Waals surface area contributed by atoms with Crippen molar-refractivity contribution in [1.29, 1.82) is 0 Å². The maximum absolute atomic E-state index is 11.2. The van der Waals surface area contributed by atoms with Gasteiger partial charge in [-0.15, -0.1) is 0 Å². The second kappa shape index (κ2) is 7.78. The van der Waals surface area contributed by atoms with Crippen molar-refractivity contribution in [2.24, 2.45) is 5.10 Å². The van der Waals surface area contributed by atoms with Crippen molar-refractivity contribution in [2.75, 3.05) is 6.61 Å². The lowest BCUT2D eigenvalue weighted by molar-refractivity contribution is 0.152. The zero-order valence-electron chi connectivity index (χ0n) is 13.3. The fraction of sp³-hybridized carbons (Fsp3) is 0.312. The highest BCUT2D eigenvalue weighted by molar-refractivity contribution is 6.32. The molecular formula is C16H19ClN4O2. The van der Waals surface area contributed by atoms with E-state index in [-0.39, 0.29) is 6.61 Å². The highest BCUT2D eigenvalue weighted by Gasteiger charge is 2.12. The Balaban J connectivity index is 2.11. The van der Waals surface area contributed by atoms with Gasteiger partial charge in [0.25, 0.3) is 0 Å². The van der Waals surface area contributed by atoms with E-state index in [9.17, 15) is 4.79 Å². The largest absolute Gasteiger partial charge is 0.449 e. The molecule has 23 heavy (non-hydrogen) atoms. The summed E-state index contributed by atoms with van der Waals surface area (Å²) in [6, 6.07) is 8.17. The first-order valence-corrected chi connectivity index (χ1v) is 7.63. The molecule has 0 spiro atoms. The van der Waals surface area contributed by atoms with Crippen molar-refractivity contribution in [3.05, 3.63) is 51.8 Å². The van der Waals surface area contributed by atoms with Gasteiger partial charge in [-0.1, -0.05) is 41.4 Å². The summed E-state index contributed by atoms with van der Waals surface area (Å²) >= 11 is 6.35. The number of aromatic nitrogens is 2. The molecule has 1 aromatic carbocycles. The Morgan fingerprint density at radius 2 is 2.09 bits per heavy atom. The molecule has 0 saturated heterocycles. The third kappa shape index (κ3) is 4.56. The monoisotopic (exact) mass is 334 g/mol. The SMILES string of the molecule is CCOC(=O)N/N=C\c1c(C)nn(Cc2ccc(C)cc2)c1Cl. The number of amides is 1. The fourth-order valence-electron chi connectivity index (χ4n) is 2.00. The Labute approximate surface area is 140 Å². The van der Waals surface area contributed by atoms with E-state index in [4.69, 9.17) is 16.3 Å². The van der Waals surface area contributed by atoms with E-state index in [1.165, 1.54) is 11.8 Å². The van der Waals surface area contributed by atoms with E-state index in [1.807, 2.05) is 38.1 Å². The number of hydrazone groups is 1. The minimum Gasteiger partial charge on any atom is -0.449 e. The lowest BCUT2D eigenvalue weighted by Gasteiger charge is -2.04. The van der Waals surface area contributed by atoms with Crippen LogP contribution in [0.5, 0.6) is 0 Å². The van der Waals surface area contributed by atoms with Gasteiger partial charge in [0.15, 0.2) is 0 Å². The first-order chi connectivity index (χ1) is 11.0. The van der Waals surface area contributed by atoms with Gasteiger partial charge in [0, 0.05) is 0 Å². The summed E-state index contributed by atoms with van der Waals surface area (Å²) in [6.45, 7) is 6.46. The van der Waals surface area contributed by atoms with Crippen LogP contribution in [0.1, 0.15) is 29.3 Å². The fourth-order valence-corrected chi connectivity index (χ4v) is 2.28. The van der Waals surface area contributed by atoms with Crippen LogP contribution in [-0.4, -0.2) is 28.7 Å². The van der Waals surface area contributed by atoms with Crippen molar-refractivity contribution in [3.63, 3.8) is 0 Å². The second-order valence-corrected chi connectivity index (χ2v) is 5.38. The molecule has 1 heterocycles. The summed E-state index contributed by atoms with van der Waals surface area (Å²) in [5, 5.41) is 8.71. The van der Waals surface area contributed by atoms with E-state index in [0.29, 0.717) is 17.3 Å². The molecule has 1 amide bonds. The quantitative estimate of drug-likeness (QED) is 0.674. The van der Waals surface area contributed by atoms with Crippen LogP contribution in [0.3, 0.4) is 0 Å². The molecule has 0 saturated carbocycles. The third-order valence-electron chi connectivity index (χ3n) is 3.19. The average Bonchev–Trinajstić information content (AvgIpc) is 2.77. The third-order valence-corrected chi connectivity index (χ3v) is 3.59. The lowest BCUT2D eigenvalue weighted by Crippen LogP contribution is -2.18. The zero-order valence-corrected chi connectivity index (χ0v) is 14.1. The number of hydrogen-bond donors (Lipinski definition) is 1. The Hall–Kier alpha value is -2.34. The predicted molar refractivity (Wildman–Crippen MR) is 90.0 cm³/mol. The average molecular weight is 335 g/mol. The number of carbonyl (C=O) groups is 1. The van der Waals surface area contributed by atoms with Gasteiger partial charge in [-0.25, -0.2) is 14.9 Å². The van der Waals surface area contributed by atoms with Crippen LogP contribution in [0.25, 0.3) is 0 Å². The Bertz CT molecular complexity index is 708. The maximum Gasteiger partial charge on any atom is 0.427 e. The molecule has 2 rings (SSSR count). The van der Waals surface area contributed by atoms with Crippen LogP contribution < -0.4 is 5.43 Å². The summed E-state index contributed by atoms with van der Waals surface area (Å²) in [7, 11) is 0. The van der Waals surface area contributed by atoms with Gasteiger partial charge in [-0.2, -0.15) is 10.2 Å².